The van der Waals surface area contributed by atoms with Crippen LogP contribution in [0.2, 0.25) is 0 Å². The first kappa shape index (κ1) is 16.9. The van der Waals surface area contributed by atoms with Gasteiger partial charge in [-0.1, -0.05) is 24.3 Å². The van der Waals surface area contributed by atoms with Crippen molar-refractivity contribution in [3.8, 4) is 22.9 Å². The average Bonchev–Trinajstić information content (AvgIpc) is 3.01. The zero-order chi connectivity index (χ0) is 17.8. The molecular weight excluding hydrogens is 336 g/mol. The molecule has 0 radical (unpaired) electrons. The molecule has 25 heavy (non-hydrogen) atoms. The third-order valence-corrected chi connectivity index (χ3v) is 4.06. The maximum atomic E-state index is 5.35. The Morgan fingerprint density at radius 1 is 1.12 bits per heavy atom. The van der Waals surface area contributed by atoms with Gasteiger partial charge in [-0.05, 0) is 48.5 Å². The van der Waals surface area contributed by atoms with Gasteiger partial charge in [0.25, 0.3) is 0 Å². The van der Waals surface area contributed by atoms with Gasteiger partial charge in [-0.25, -0.2) is 5.10 Å². The van der Waals surface area contributed by atoms with Gasteiger partial charge in [0.15, 0.2) is 17.3 Å². The molecule has 0 fully saturated rings. The van der Waals surface area contributed by atoms with Gasteiger partial charge in [0.2, 0.25) is 4.77 Å². The van der Waals surface area contributed by atoms with Crippen LogP contribution >= 0.6 is 12.2 Å². The molecule has 3 rings (SSSR count). The molecule has 0 aliphatic rings. The normalized spacial score (nSPS) is 11.0. The molecular formula is C18H18N4O2S. The Labute approximate surface area is 150 Å². The highest BCUT2D eigenvalue weighted by Crippen LogP contribution is 2.31. The number of aromatic amines is 1. The quantitative estimate of drug-likeness (QED) is 0.559. The van der Waals surface area contributed by atoms with Gasteiger partial charge in [0, 0.05) is 5.56 Å². The van der Waals surface area contributed by atoms with Crippen LogP contribution in [0.3, 0.4) is 0 Å². The Bertz CT molecular complexity index is 975. The number of methoxy groups -OCH3 is 2. The Balaban J connectivity index is 2.03. The lowest BCUT2D eigenvalue weighted by Crippen LogP contribution is -1.97. The van der Waals surface area contributed by atoms with Crippen LogP contribution in [0.1, 0.15) is 11.1 Å². The molecule has 0 spiro atoms. The molecule has 6 nitrogen and oxygen atoms in total. The summed E-state index contributed by atoms with van der Waals surface area (Å²) < 4.78 is 12.6. The third-order valence-electron chi connectivity index (χ3n) is 3.79. The highest BCUT2D eigenvalue weighted by molar-refractivity contribution is 7.71. The fourth-order valence-electron chi connectivity index (χ4n) is 2.41. The van der Waals surface area contributed by atoms with Gasteiger partial charge >= 0.3 is 0 Å². The van der Waals surface area contributed by atoms with Crippen LogP contribution in [0.15, 0.2) is 47.6 Å². The van der Waals surface area contributed by atoms with Crippen molar-refractivity contribution in [2.75, 3.05) is 14.2 Å². The van der Waals surface area contributed by atoms with Crippen LogP contribution in [0, 0.1) is 11.7 Å². The van der Waals surface area contributed by atoms with Gasteiger partial charge < -0.3 is 9.47 Å². The van der Waals surface area contributed by atoms with E-state index in [0.29, 0.717) is 22.1 Å². The summed E-state index contributed by atoms with van der Waals surface area (Å²) in [6.07, 6.45) is 1.77. The highest BCUT2D eigenvalue weighted by atomic mass is 32.1. The van der Waals surface area contributed by atoms with Crippen molar-refractivity contribution in [3.05, 3.63) is 58.4 Å². The lowest BCUT2D eigenvalue weighted by Gasteiger charge is -2.09. The molecule has 1 aromatic heterocycles. The molecule has 0 amide bonds. The molecule has 0 saturated heterocycles. The summed E-state index contributed by atoms with van der Waals surface area (Å²) in [6, 6.07) is 13.5. The molecule has 3 aromatic rings. The summed E-state index contributed by atoms with van der Waals surface area (Å²) >= 11 is 5.31. The molecule has 128 valence electrons. The van der Waals surface area contributed by atoms with E-state index in [1.165, 1.54) is 0 Å². The summed E-state index contributed by atoms with van der Waals surface area (Å²) in [5.74, 6) is 1.86. The second kappa shape index (κ2) is 7.31. The van der Waals surface area contributed by atoms with Gasteiger partial charge in [-0.2, -0.15) is 14.9 Å². The van der Waals surface area contributed by atoms with Crippen molar-refractivity contribution in [1.82, 2.24) is 14.9 Å². The molecule has 1 heterocycles. The molecule has 0 atom stereocenters. The summed E-state index contributed by atoms with van der Waals surface area (Å²) in [5, 5.41) is 11.6. The number of rotatable bonds is 5. The number of H-pyrrole nitrogens is 1. The topological polar surface area (TPSA) is 64.4 Å². The van der Waals surface area contributed by atoms with Crippen LogP contribution in [0.5, 0.6) is 11.5 Å². The van der Waals surface area contributed by atoms with Gasteiger partial charge in [-0.3, -0.25) is 0 Å². The fourth-order valence-corrected chi connectivity index (χ4v) is 2.59. The minimum atomic E-state index is 0.412. The summed E-state index contributed by atoms with van der Waals surface area (Å²) in [6.45, 7) is 2.03. The molecule has 0 saturated carbocycles. The van der Waals surface area contributed by atoms with E-state index in [1.807, 2.05) is 49.4 Å². The van der Waals surface area contributed by atoms with Gasteiger partial charge in [-0.15, -0.1) is 0 Å². The van der Waals surface area contributed by atoms with Crippen LogP contribution in [-0.2, 0) is 0 Å². The minimum Gasteiger partial charge on any atom is -0.493 e. The van der Waals surface area contributed by atoms with E-state index in [0.717, 1.165) is 16.7 Å². The fraction of sp³-hybridized carbons (Fsp3) is 0.167. The van der Waals surface area contributed by atoms with Gasteiger partial charge in [0.1, 0.15) is 0 Å². The zero-order valence-corrected chi connectivity index (χ0v) is 15.0. The summed E-state index contributed by atoms with van der Waals surface area (Å²) in [4.78, 5) is 0. The number of hydrogen-bond donors (Lipinski definition) is 1. The molecule has 0 aliphatic heterocycles. The van der Waals surface area contributed by atoms with Crippen molar-refractivity contribution in [2.24, 2.45) is 5.10 Å². The van der Waals surface area contributed by atoms with E-state index in [-0.39, 0.29) is 0 Å². The van der Waals surface area contributed by atoms with Crippen molar-refractivity contribution in [1.29, 1.82) is 0 Å². The number of nitrogens with one attached hydrogen (secondary N) is 1. The third kappa shape index (κ3) is 3.46. The zero-order valence-electron chi connectivity index (χ0n) is 14.2. The Morgan fingerprint density at radius 3 is 2.60 bits per heavy atom. The Kier molecular flexibility index (Phi) is 4.95. The summed E-state index contributed by atoms with van der Waals surface area (Å²) in [7, 11) is 3.19. The molecule has 0 aliphatic carbocycles. The van der Waals surface area contributed by atoms with Crippen LogP contribution in [-0.4, -0.2) is 35.3 Å². The predicted molar refractivity (Wildman–Crippen MR) is 100 cm³/mol. The monoisotopic (exact) mass is 354 g/mol. The summed E-state index contributed by atoms with van der Waals surface area (Å²) in [5.41, 5.74) is 2.96. The lowest BCUT2D eigenvalue weighted by molar-refractivity contribution is 0.355. The van der Waals surface area contributed by atoms with E-state index >= 15 is 0 Å². The average molecular weight is 354 g/mol. The molecule has 0 unspecified atom stereocenters. The van der Waals surface area contributed by atoms with Crippen molar-refractivity contribution in [2.45, 2.75) is 6.92 Å². The molecule has 7 heteroatoms. The van der Waals surface area contributed by atoms with Crippen LogP contribution in [0.25, 0.3) is 11.4 Å². The number of hydrogen-bond acceptors (Lipinski definition) is 5. The van der Waals surface area contributed by atoms with Crippen molar-refractivity contribution >= 4 is 18.4 Å². The maximum absolute atomic E-state index is 5.35. The first-order valence-corrected chi connectivity index (χ1v) is 8.04. The SMILES string of the molecule is COc1ccc(-c2n[nH]c(=S)n2N=Cc2ccccc2C)cc1OC. The van der Waals surface area contributed by atoms with E-state index in [9.17, 15) is 0 Å². The van der Waals surface area contributed by atoms with Crippen molar-refractivity contribution in [3.63, 3.8) is 0 Å². The number of aromatic nitrogens is 3. The number of aryl methyl sites for hydroxylation is 1. The van der Waals surface area contributed by atoms with Crippen LogP contribution < -0.4 is 9.47 Å². The molecule has 0 bridgehead atoms. The maximum Gasteiger partial charge on any atom is 0.216 e. The predicted octanol–water partition coefficient (Wildman–Crippen LogP) is 3.82. The minimum absolute atomic E-state index is 0.412. The second-order valence-corrected chi connectivity index (χ2v) is 5.72. The number of nitrogens with zero attached hydrogens (tertiary/aromatic N) is 3. The first-order valence-electron chi connectivity index (χ1n) is 7.64. The highest BCUT2D eigenvalue weighted by Gasteiger charge is 2.12. The smallest absolute Gasteiger partial charge is 0.216 e. The largest absolute Gasteiger partial charge is 0.493 e. The van der Waals surface area contributed by atoms with E-state index < -0.39 is 0 Å². The standard InChI is InChI=1S/C18H18N4O2S/c1-12-6-4-5-7-14(12)11-19-22-17(20-21-18(22)25)13-8-9-15(23-2)16(10-13)24-3/h4-11H,1-3H3,(H,21,25). The first-order chi connectivity index (χ1) is 12.1. The van der Waals surface area contributed by atoms with Crippen molar-refractivity contribution < 1.29 is 9.47 Å². The Hall–Kier alpha value is -2.93. The van der Waals surface area contributed by atoms with E-state index in [1.54, 1.807) is 25.1 Å². The second-order valence-electron chi connectivity index (χ2n) is 5.34. The van der Waals surface area contributed by atoms with Crippen LogP contribution in [0.4, 0.5) is 0 Å². The van der Waals surface area contributed by atoms with Gasteiger partial charge in [0.05, 0.1) is 20.4 Å². The molecule has 2 aromatic carbocycles. The Morgan fingerprint density at radius 2 is 1.88 bits per heavy atom. The van der Waals surface area contributed by atoms with E-state index in [4.69, 9.17) is 21.7 Å². The molecule has 1 N–H and O–H groups in total. The number of ether oxygens (including phenoxy) is 2. The lowest BCUT2D eigenvalue weighted by atomic mass is 10.1. The number of benzene rings is 2. The van der Waals surface area contributed by atoms with E-state index in [2.05, 4.69) is 15.3 Å².